The highest BCUT2D eigenvalue weighted by molar-refractivity contribution is 7.12. The number of nitro benzene ring substituents is 1. The molecule has 0 aliphatic carbocycles. The third-order valence-electron chi connectivity index (χ3n) is 3.37. The Kier molecular flexibility index (Phi) is 4.09. The van der Waals surface area contributed by atoms with Gasteiger partial charge in [-0.15, -0.1) is 11.3 Å². The molecule has 0 fully saturated rings. The molecule has 0 aliphatic rings. The summed E-state index contributed by atoms with van der Waals surface area (Å²) < 4.78 is 0. The highest BCUT2D eigenvalue weighted by Gasteiger charge is 2.18. The quantitative estimate of drug-likeness (QED) is 0.652. The molecular weight excluding hydrogens is 272 g/mol. The fraction of sp³-hybridized carbons (Fsp3) is 0.333. The lowest BCUT2D eigenvalue weighted by Crippen LogP contribution is -2.07. The molecule has 1 heterocycles. The van der Waals surface area contributed by atoms with Crippen molar-refractivity contribution in [1.29, 1.82) is 0 Å². The van der Waals surface area contributed by atoms with Gasteiger partial charge in [0.15, 0.2) is 0 Å². The summed E-state index contributed by atoms with van der Waals surface area (Å²) in [5.74, 6) is 0. The van der Waals surface area contributed by atoms with Gasteiger partial charge in [-0.3, -0.25) is 10.1 Å². The van der Waals surface area contributed by atoms with Crippen molar-refractivity contribution in [2.75, 3.05) is 5.32 Å². The summed E-state index contributed by atoms with van der Waals surface area (Å²) in [6.45, 7) is 7.92. The maximum atomic E-state index is 11.2. The van der Waals surface area contributed by atoms with Gasteiger partial charge in [0.05, 0.1) is 11.0 Å². The first-order valence-electron chi connectivity index (χ1n) is 6.47. The van der Waals surface area contributed by atoms with E-state index in [1.54, 1.807) is 17.4 Å². The van der Waals surface area contributed by atoms with E-state index in [-0.39, 0.29) is 16.7 Å². The fourth-order valence-electron chi connectivity index (χ4n) is 2.06. The van der Waals surface area contributed by atoms with E-state index in [4.69, 9.17) is 0 Å². The smallest absolute Gasteiger partial charge is 0.292 e. The van der Waals surface area contributed by atoms with Crippen LogP contribution in [0.25, 0.3) is 0 Å². The largest absolute Gasteiger partial charge is 0.372 e. The van der Waals surface area contributed by atoms with Crippen molar-refractivity contribution in [2.45, 2.75) is 33.7 Å². The number of nitrogens with zero attached hydrogens (tertiary/aromatic N) is 1. The Balaban J connectivity index is 2.33. The molecule has 0 radical (unpaired) electrons. The Hall–Kier alpha value is -1.88. The Morgan fingerprint density at radius 1 is 1.20 bits per heavy atom. The molecule has 1 unspecified atom stereocenters. The number of aryl methyl sites for hydroxylation is 3. The normalized spacial score (nSPS) is 12.2. The van der Waals surface area contributed by atoms with Crippen LogP contribution in [0.5, 0.6) is 0 Å². The van der Waals surface area contributed by atoms with Crippen LogP contribution in [0.4, 0.5) is 11.4 Å². The second-order valence-corrected chi connectivity index (χ2v) is 6.34. The van der Waals surface area contributed by atoms with Crippen molar-refractivity contribution in [3.05, 3.63) is 55.3 Å². The minimum absolute atomic E-state index is 0.0505. The van der Waals surface area contributed by atoms with Crippen molar-refractivity contribution in [2.24, 2.45) is 0 Å². The molecule has 0 saturated carbocycles. The summed E-state index contributed by atoms with van der Waals surface area (Å²) in [7, 11) is 0. The molecular formula is C15H18N2O2S. The molecule has 20 heavy (non-hydrogen) atoms. The van der Waals surface area contributed by atoms with Gasteiger partial charge in [-0.2, -0.15) is 0 Å². The SMILES string of the molecule is Cc1ccc(C(C)Nc2cc(C)c(C)cc2[N+](=O)[O-])s1. The number of nitrogens with one attached hydrogen (secondary N) is 1. The second-order valence-electron chi connectivity index (χ2n) is 5.03. The predicted octanol–water partition coefficient (Wildman–Crippen LogP) is 4.75. The zero-order valence-electron chi connectivity index (χ0n) is 12.1. The third-order valence-corrected chi connectivity index (χ3v) is 4.55. The minimum atomic E-state index is -0.332. The van der Waals surface area contributed by atoms with Gasteiger partial charge in [-0.1, -0.05) is 0 Å². The van der Waals surface area contributed by atoms with Gasteiger partial charge in [0.2, 0.25) is 0 Å². The van der Waals surface area contributed by atoms with Crippen LogP contribution in [0.3, 0.4) is 0 Å². The van der Waals surface area contributed by atoms with E-state index >= 15 is 0 Å². The van der Waals surface area contributed by atoms with E-state index in [0.717, 1.165) is 11.1 Å². The molecule has 2 aromatic rings. The number of hydrogen-bond donors (Lipinski definition) is 1. The summed E-state index contributed by atoms with van der Waals surface area (Å²) in [5.41, 5.74) is 2.69. The van der Waals surface area contributed by atoms with E-state index in [9.17, 15) is 10.1 Å². The molecule has 1 N–H and O–H groups in total. The van der Waals surface area contributed by atoms with E-state index in [2.05, 4.69) is 24.4 Å². The lowest BCUT2D eigenvalue weighted by Gasteiger charge is -2.15. The van der Waals surface area contributed by atoms with Crippen molar-refractivity contribution < 1.29 is 4.92 Å². The van der Waals surface area contributed by atoms with Gasteiger partial charge in [0.25, 0.3) is 5.69 Å². The Morgan fingerprint density at radius 2 is 1.85 bits per heavy atom. The Bertz CT molecular complexity index is 649. The fourth-order valence-corrected chi connectivity index (χ4v) is 2.94. The van der Waals surface area contributed by atoms with Crippen molar-refractivity contribution in [3.63, 3.8) is 0 Å². The maximum absolute atomic E-state index is 11.2. The molecule has 1 aromatic carbocycles. The van der Waals surface area contributed by atoms with Crippen LogP contribution in [-0.4, -0.2) is 4.92 Å². The number of anilines is 1. The van der Waals surface area contributed by atoms with Gasteiger partial charge in [-0.05, 0) is 57.0 Å². The topological polar surface area (TPSA) is 55.2 Å². The van der Waals surface area contributed by atoms with Gasteiger partial charge in [0, 0.05) is 15.8 Å². The highest BCUT2D eigenvalue weighted by Crippen LogP contribution is 2.32. The molecule has 0 amide bonds. The average Bonchev–Trinajstić information content (AvgIpc) is 2.80. The van der Waals surface area contributed by atoms with Crippen LogP contribution in [0.1, 0.15) is 33.8 Å². The summed E-state index contributed by atoms with van der Waals surface area (Å²) >= 11 is 1.70. The molecule has 0 saturated heterocycles. The predicted molar refractivity (Wildman–Crippen MR) is 83.7 cm³/mol. The number of nitro groups is 1. The zero-order chi connectivity index (χ0) is 14.9. The molecule has 106 valence electrons. The first-order valence-corrected chi connectivity index (χ1v) is 7.28. The summed E-state index contributed by atoms with van der Waals surface area (Å²) in [4.78, 5) is 13.3. The molecule has 2 rings (SSSR count). The maximum Gasteiger partial charge on any atom is 0.292 e. The lowest BCUT2D eigenvalue weighted by molar-refractivity contribution is -0.384. The summed E-state index contributed by atoms with van der Waals surface area (Å²) in [6, 6.07) is 7.65. The second kappa shape index (κ2) is 5.63. The molecule has 0 spiro atoms. The lowest BCUT2D eigenvalue weighted by atomic mass is 10.1. The van der Waals surface area contributed by atoms with E-state index in [0.29, 0.717) is 5.69 Å². The van der Waals surface area contributed by atoms with Gasteiger partial charge in [-0.25, -0.2) is 0 Å². The molecule has 0 bridgehead atoms. The number of rotatable bonds is 4. The first-order chi connectivity index (χ1) is 9.38. The van der Waals surface area contributed by atoms with Gasteiger partial charge >= 0.3 is 0 Å². The molecule has 0 aliphatic heterocycles. The summed E-state index contributed by atoms with van der Waals surface area (Å²) in [6.07, 6.45) is 0. The monoisotopic (exact) mass is 290 g/mol. The zero-order valence-corrected chi connectivity index (χ0v) is 12.9. The van der Waals surface area contributed by atoms with Crippen LogP contribution in [0.2, 0.25) is 0 Å². The average molecular weight is 290 g/mol. The Labute approximate surface area is 122 Å². The van der Waals surface area contributed by atoms with E-state index < -0.39 is 0 Å². The standard InChI is InChI=1S/C15H18N2O2S/c1-9-7-13(14(17(18)19)8-10(9)2)16-12(4)15-6-5-11(3)20-15/h5-8,12,16H,1-4H3. The number of benzene rings is 1. The number of thiophene rings is 1. The van der Waals surface area contributed by atoms with Crippen molar-refractivity contribution in [1.82, 2.24) is 0 Å². The Morgan fingerprint density at radius 3 is 2.40 bits per heavy atom. The molecule has 5 heteroatoms. The minimum Gasteiger partial charge on any atom is -0.372 e. The van der Waals surface area contributed by atoms with Crippen molar-refractivity contribution >= 4 is 22.7 Å². The van der Waals surface area contributed by atoms with Crippen LogP contribution in [0.15, 0.2) is 24.3 Å². The van der Waals surface area contributed by atoms with Crippen LogP contribution < -0.4 is 5.32 Å². The molecule has 4 nitrogen and oxygen atoms in total. The third kappa shape index (κ3) is 2.99. The summed E-state index contributed by atoms with van der Waals surface area (Å²) in [5, 5.41) is 14.4. The van der Waals surface area contributed by atoms with Gasteiger partial charge in [0.1, 0.15) is 5.69 Å². The van der Waals surface area contributed by atoms with Crippen LogP contribution in [0, 0.1) is 30.9 Å². The number of hydrogen-bond acceptors (Lipinski definition) is 4. The molecule has 1 atom stereocenters. The van der Waals surface area contributed by atoms with Gasteiger partial charge < -0.3 is 5.32 Å². The highest BCUT2D eigenvalue weighted by atomic mass is 32.1. The van der Waals surface area contributed by atoms with Crippen molar-refractivity contribution in [3.8, 4) is 0 Å². The first kappa shape index (κ1) is 14.5. The molecule has 1 aromatic heterocycles. The van der Waals surface area contributed by atoms with E-state index in [1.165, 1.54) is 9.75 Å². The van der Waals surface area contributed by atoms with Crippen LogP contribution in [-0.2, 0) is 0 Å². The van der Waals surface area contributed by atoms with Crippen LogP contribution >= 0.6 is 11.3 Å². The van der Waals surface area contributed by atoms with E-state index in [1.807, 2.05) is 26.8 Å².